The first-order chi connectivity index (χ1) is 15.6. The average molecular weight is 464 g/mol. The van der Waals surface area contributed by atoms with Crippen molar-refractivity contribution in [2.24, 2.45) is 5.92 Å². The molecule has 3 amide bonds. The Labute approximate surface area is 195 Å². The van der Waals surface area contributed by atoms with Gasteiger partial charge in [0.25, 0.3) is 0 Å². The summed E-state index contributed by atoms with van der Waals surface area (Å²) in [7, 11) is 2.04. The van der Waals surface area contributed by atoms with Gasteiger partial charge in [0.2, 0.25) is 11.8 Å². The predicted molar refractivity (Wildman–Crippen MR) is 120 cm³/mol. The summed E-state index contributed by atoms with van der Waals surface area (Å²) in [5.41, 5.74) is -0.426. The summed E-state index contributed by atoms with van der Waals surface area (Å²) < 4.78 is 11.8. The average Bonchev–Trinajstić information content (AvgIpc) is 3.34. The van der Waals surface area contributed by atoms with Crippen LogP contribution in [-0.2, 0) is 19.1 Å². The van der Waals surface area contributed by atoms with Gasteiger partial charge in [0, 0.05) is 32.0 Å². The zero-order valence-corrected chi connectivity index (χ0v) is 20.1. The Bertz CT molecular complexity index is 768. The Balaban J connectivity index is 1.65. The van der Waals surface area contributed by atoms with Crippen molar-refractivity contribution in [3.05, 3.63) is 0 Å². The third-order valence-corrected chi connectivity index (χ3v) is 6.41. The number of ether oxygens (including phenoxy) is 2. The SMILES string of the molecule is CN1CCC(OC(=O)N2C[C@H](OC(C)(C)C)C[C@H]2C(=O)N[C@H](C#N)C[C@@H]2CCNC2=O)CC1. The number of nitriles is 1. The summed E-state index contributed by atoms with van der Waals surface area (Å²) >= 11 is 0. The van der Waals surface area contributed by atoms with Crippen molar-refractivity contribution in [2.75, 3.05) is 33.2 Å². The lowest BCUT2D eigenvalue weighted by Gasteiger charge is -2.31. The summed E-state index contributed by atoms with van der Waals surface area (Å²) in [6.45, 7) is 8.34. The maximum Gasteiger partial charge on any atom is 0.410 e. The maximum absolute atomic E-state index is 13.2. The van der Waals surface area contributed by atoms with Crippen LogP contribution in [0, 0.1) is 17.2 Å². The fourth-order valence-electron chi connectivity index (χ4n) is 4.71. The van der Waals surface area contributed by atoms with E-state index in [2.05, 4.69) is 21.6 Å². The molecule has 4 atom stereocenters. The highest BCUT2D eigenvalue weighted by molar-refractivity contribution is 5.87. The molecule has 184 valence electrons. The molecule has 0 aromatic heterocycles. The molecule has 33 heavy (non-hydrogen) atoms. The molecule has 2 N–H and O–H groups in total. The van der Waals surface area contributed by atoms with Crippen molar-refractivity contribution >= 4 is 17.9 Å². The van der Waals surface area contributed by atoms with Crippen molar-refractivity contribution in [1.82, 2.24) is 20.4 Å². The normalized spacial score (nSPS) is 27.7. The molecular weight excluding hydrogens is 426 g/mol. The molecule has 0 aromatic rings. The highest BCUT2D eigenvalue weighted by atomic mass is 16.6. The van der Waals surface area contributed by atoms with E-state index in [1.165, 1.54) is 4.90 Å². The van der Waals surface area contributed by atoms with E-state index in [1.807, 2.05) is 27.8 Å². The molecule has 10 heteroatoms. The lowest BCUT2D eigenvalue weighted by molar-refractivity contribution is -0.127. The number of nitrogens with one attached hydrogen (secondary N) is 2. The van der Waals surface area contributed by atoms with Gasteiger partial charge in [0.15, 0.2) is 0 Å². The second-order valence-corrected chi connectivity index (χ2v) is 10.3. The minimum absolute atomic E-state index is 0.0904. The first-order valence-corrected chi connectivity index (χ1v) is 11.9. The second kappa shape index (κ2) is 10.7. The zero-order valence-electron chi connectivity index (χ0n) is 20.1. The Morgan fingerprint density at radius 1 is 1.24 bits per heavy atom. The Morgan fingerprint density at radius 2 is 1.94 bits per heavy atom. The fourth-order valence-corrected chi connectivity index (χ4v) is 4.71. The van der Waals surface area contributed by atoms with Crippen LogP contribution in [0.25, 0.3) is 0 Å². The predicted octanol–water partition coefficient (Wildman–Crippen LogP) is 1.01. The summed E-state index contributed by atoms with van der Waals surface area (Å²) in [4.78, 5) is 41.7. The minimum Gasteiger partial charge on any atom is -0.446 e. The number of amides is 3. The van der Waals surface area contributed by atoms with E-state index < -0.39 is 29.7 Å². The number of carbonyl (C=O) groups excluding carboxylic acids is 3. The van der Waals surface area contributed by atoms with Crippen molar-refractivity contribution in [3.63, 3.8) is 0 Å². The van der Waals surface area contributed by atoms with E-state index in [-0.39, 0.29) is 37.0 Å². The number of hydrogen-bond donors (Lipinski definition) is 2. The summed E-state index contributed by atoms with van der Waals surface area (Å²) in [5.74, 6) is -0.798. The van der Waals surface area contributed by atoms with Crippen LogP contribution in [0.5, 0.6) is 0 Å². The Kier molecular flexibility index (Phi) is 8.19. The number of hydrogen-bond acceptors (Lipinski definition) is 7. The monoisotopic (exact) mass is 463 g/mol. The number of likely N-dealkylation sites (tertiary alicyclic amines) is 2. The van der Waals surface area contributed by atoms with Gasteiger partial charge < -0.3 is 25.0 Å². The van der Waals surface area contributed by atoms with Gasteiger partial charge in [-0.15, -0.1) is 0 Å². The maximum atomic E-state index is 13.2. The molecule has 3 aliphatic heterocycles. The highest BCUT2D eigenvalue weighted by Gasteiger charge is 2.43. The standard InChI is InChI=1S/C23H37N5O5/c1-23(2,3)33-18-12-19(21(30)26-16(13-24)11-15-5-8-25-20(15)29)28(14-18)22(31)32-17-6-9-27(4)10-7-17/h15-19H,5-12,14H2,1-4H3,(H,25,29)(H,26,30)/t15-,16-,18+,19-/m0/s1. The molecule has 0 bridgehead atoms. The van der Waals surface area contributed by atoms with E-state index in [0.717, 1.165) is 25.9 Å². The molecule has 3 saturated heterocycles. The molecule has 3 aliphatic rings. The Morgan fingerprint density at radius 3 is 2.52 bits per heavy atom. The van der Waals surface area contributed by atoms with Crippen LogP contribution in [0.4, 0.5) is 4.79 Å². The molecule has 3 heterocycles. The van der Waals surface area contributed by atoms with E-state index in [4.69, 9.17) is 9.47 Å². The van der Waals surface area contributed by atoms with E-state index in [0.29, 0.717) is 19.4 Å². The van der Waals surface area contributed by atoms with Gasteiger partial charge in [-0.25, -0.2) is 4.79 Å². The van der Waals surface area contributed by atoms with Crippen LogP contribution < -0.4 is 10.6 Å². The molecule has 0 saturated carbocycles. The van der Waals surface area contributed by atoms with Gasteiger partial charge in [0.1, 0.15) is 18.2 Å². The summed E-state index contributed by atoms with van der Waals surface area (Å²) in [6.07, 6.45) is 1.74. The van der Waals surface area contributed by atoms with Crippen LogP contribution in [0.1, 0.15) is 52.9 Å². The van der Waals surface area contributed by atoms with Crippen LogP contribution in [0.15, 0.2) is 0 Å². The molecule has 0 aliphatic carbocycles. The number of piperidine rings is 1. The van der Waals surface area contributed by atoms with E-state index >= 15 is 0 Å². The molecular formula is C23H37N5O5. The van der Waals surface area contributed by atoms with Crippen molar-refractivity contribution in [3.8, 4) is 6.07 Å². The number of nitrogens with zero attached hydrogens (tertiary/aromatic N) is 3. The molecule has 0 radical (unpaired) electrons. The number of carbonyl (C=O) groups is 3. The number of rotatable bonds is 6. The third kappa shape index (κ3) is 7.05. The quantitative estimate of drug-likeness (QED) is 0.602. The van der Waals surface area contributed by atoms with Gasteiger partial charge >= 0.3 is 6.09 Å². The molecule has 0 unspecified atom stereocenters. The zero-order chi connectivity index (χ0) is 24.2. The largest absolute Gasteiger partial charge is 0.446 e. The third-order valence-electron chi connectivity index (χ3n) is 6.41. The minimum atomic E-state index is -0.805. The molecule has 3 fully saturated rings. The van der Waals surface area contributed by atoms with Gasteiger partial charge in [-0.05, 0) is 53.5 Å². The van der Waals surface area contributed by atoms with Gasteiger partial charge in [-0.2, -0.15) is 5.26 Å². The molecule has 10 nitrogen and oxygen atoms in total. The van der Waals surface area contributed by atoms with Crippen LogP contribution in [0.3, 0.4) is 0 Å². The molecule has 3 rings (SSSR count). The lowest BCUT2D eigenvalue weighted by Crippen LogP contribution is -2.50. The van der Waals surface area contributed by atoms with Crippen LogP contribution in [0.2, 0.25) is 0 Å². The van der Waals surface area contributed by atoms with E-state index in [1.54, 1.807) is 0 Å². The topological polar surface area (TPSA) is 124 Å². The molecule has 0 spiro atoms. The van der Waals surface area contributed by atoms with Crippen molar-refractivity contribution < 1.29 is 23.9 Å². The summed E-state index contributed by atoms with van der Waals surface area (Å²) in [6, 6.07) is 0.492. The van der Waals surface area contributed by atoms with Crippen LogP contribution in [-0.4, -0.2) is 90.8 Å². The summed E-state index contributed by atoms with van der Waals surface area (Å²) in [5, 5.41) is 15.0. The lowest BCUT2D eigenvalue weighted by atomic mass is 9.99. The highest BCUT2D eigenvalue weighted by Crippen LogP contribution is 2.27. The van der Waals surface area contributed by atoms with Gasteiger partial charge in [-0.3, -0.25) is 14.5 Å². The van der Waals surface area contributed by atoms with Crippen LogP contribution >= 0.6 is 0 Å². The molecule has 0 aromatic carbocycles. The first kappa shape index (κ1) is 25.2. The Hall–Kier alpha value is -2.38. The van der Waals surface area contributed by atoms with Crippen molar-refractivity contribution in [2.45, 2.75) is 82.8 Å². The smallest absolute Gasteiger partial charge is 0.410 e. The van der Waals surface area contributed by atoms with Gasteiger partial charge in [0.05, 0.1) is 24.3 Å². The first-order valence-electron chi connectivity index (χ1n) is 11.9. The fraction of sp³-hybridized carbons (Fsp3) is 0.826. The second-order valence-electron chi connectivity index (χ2n) is 10.3. The van der Waals surface area contributed by atoms with Gasteiger partial charge in [-0.1, -0.05) is 0 Å². The van der Waals surface area contributed by atoms with Crippen molar-refractivity contribution in [1.29, 1.82) is 5.26 Å². The van der Waals surface area contributed by atoms with E-state index in [9.17, 15) is 19.6 Å².